The number of aryl methyl sites for hydroxylation is 1. The van der Waals surface area contributed by atoms with Gasteiger partial charge in [0.25, 0.3) is 5.91 Å². The number of anilines is 1. The normalized spacial score (nSPS) is 14.2. The van der Waals surface area contributed by atoms with Crippen LogP contribution in [-0.2, 0) is 4.79 Å². The minimum Gasteiger partial charge on any atom is -0.352 e. The third-order valence-electron chi connectivity index (χ3n) is 7.88. The Morgan fingerprint density at radius 3 is 2.62 bits per heavy atom. The summed E-state index contributed by atoms with van der Waals surface area (Å²) in [6.07, 6.45) is 3.81. The van der Waals surface area contributed by atoms with Crippen LogP contribution < -0.4 is 10.6 Å². The molecule has 2 aromatic heterocycles. The molecule has 1 aliphatic rings. The van der Waals surface area contributed by atoms with E-state index in [9.17, 15) is 9.59 Å². The van der Waals surface area contributed by atoms with Gasteiger partial charge in [0.2, 0.25) is 5.91 Å². The van der Waals surface area contributed by atoms with Gasteiger partial charge < -0.3 is 25.4 Å². The number of carbonyl (C=O) groups excluding carboxylic acids is 2. The smallest absolute Gasteiger partial charge is 0.251 e. The summed E-state index contributed by atoms with van der Waals surface area (Å²) < 4.78 is 0. The molecule has 0 radical (unpaired) electrons. The number of H-pyrrole nitrogens is 1. The molecule has 0 bridgehead atoms. The number of likely N-dealkylation sites (N-methyl/N-ethyl adjacent to an activating group) is 1. The molecule has 1 fully saturated rings. The zero-order valence-electron chi connectivity index (χ0n) is 24.2. The lowest BCUT2D eigenvalue weighted by Gasteiger charge is -2.33. The highest BCUT2D eigenvalue weighted by Gasteiger charge is 2.20. The average Bonchev–Trinajstić information content (AvgIpc) is 3.41. The summed E-state index contributed by atoms with van der Waals surface area (Å²) in [4.78, 5) is 38.1. The van der Waals surface area contributed by atoms with Crippen LogP contribution in [0.25, 0.3) is 33.4 Å². The van der Waals surface area contributed by atoms with E-state index in [1.807, 2.05) is 49.4 Å². The van der Waals surface area contributed by atoms with E-state index in [-0.39, 0.29) is 11.8 Å². The maximum absolute atomic E-state index is 13.1. The highest BCUT2D eigenvalue weighted by Crippen LogP contribution is 2.42. The average molecular weight is 585 g/mol. The molecule has 3 N–H and O–H groups in total. The summed E-state index contributed by atoms with van der Waals surface area (Å²) >= 11 is 6.70. The van der Waals surface area contributed by atoms with E-state index in [4.69, 9.17) is 11.6 Å². The van der Waals surface area contributed by atoms with Gasteiger partial charge in [0.15, 0.2) is 0 Å². The zero-order valence-corrected chi connectivity index (χ0v) is 24.9. The van der Waals surface area contributed by atoms with E-state index >= 15 is 0 Å². The first-order valence-electron chi connectivity index (χ1n) is 14.4. The largest absolute Gasteiger partial charge is 0.352 e. The van der Waals surface area contributed by atoms with Crippen LogP contribution in [0, 0.1) is 6.92 Å². The molecule has 0 unspecified atom stereocenters. The van der Waals surface area contributed by atoms with Gasteiger partial charge in [-0.1, -0.05) is 49.4 Å². The molecule has 42 heavy (non-hydrogen) atoms. The van der Waals surface area contributed by atoms with Gasteiger partial charge in [-0.05, 0) is 73.5 Å². The van der Waals surface area contributed by atoms with Crippen molar-refractivity contribution in [3.8, 4) is 22.4 Å². The molecule has 0 aliphatic carbocycles. The SMILES string of the molecule is C=CC(=O)Nc1cc(-c2c(-c3cccc(C(=O)NCCCN4CCN(CC)CC4)c3)[nH]c3nccc(Cl)c23)ccc1C. The van der Waals surface area contributed by atoms with Gasteiger partial charge in [-0.25, -0.2) is 4.98 Å². The van der Waals surface area contributed by atoms with Crippen molar-refractivity contribution < 1.29 is 9.59 Å². The summed E-state index contributed by atoms with van der Waals surface area (Å²) in [5.41, 5.74) is 6.13. The first-order chi connectivity index (χ1) is 20.4. The molecular formula is C33H37ClN6O2. The van der Waals surface area contributed by atoms with Crippen molar-refractivity contribution in [2.24, 2.45) is 0 Å². The minimum atomic E-state index is -0.285. The molecule has 5 rings (SSSR count). The molecule has 0 saturated carbocycles. The second-order valence-corrected chi connectivity index (χ2v) is 11.0. The molecule has 8 nitrogen and oxygen atoms in total. The number of aromatic amines is 1. The molecule has 1 aliphatic heterocycles. The number of nitrogens with zero attached hydrogens (tertiary/aromatic N) is 3. The van der Waals surface area contributed by atoms with E-state index in [0.29, 0.717) is 28.5 Å². The first-order valence-corrected chi connectivity index (χ1v) is 14.8. The van der Waals surface area contributed by atoms with E-state index in [1.165, 1.54) is 6.08 Å². The Kier molecular flexibility index (Phi) is 9.37. The van der Waals surface area contributed by atoms with E-state index in [1.54, 1.807) is 12.3 Å². The summed E-state index contributed by atoms with van der Waals surface area (Å²) in [6, 6.07) is 15.2. The molecule has 4 aromatic rings. The Balaban J connectivity index is 1.39. The molecule has 3 heterocycles. The van der Waals surface area contributed by atoms with Crippen molar-refractivity contribution in [1.82, 2.24) is 25.1 Å². The Labute approximate surface area is 251 Å². The predicted octanol–water partition coefficient (Wildman–Crippen LogP) is 5.74. The van der Waals surface area contributed by atoms with Crippen LogP contribution in [0.1, 0.15) is 29.3 Å². The molecular weight excluding hydrogens is 548 g/mol. The monoisotopic (exact) mass is 584 g/mol. The van der Waals surface area contributed by atoms with Crippen molar-refractivity contribution in [3.63, 3.8) is 0 Å². The standard InChI is InChI=1S/C33H37ClN6O2/c1-4-28(41)37-27-21-23(11-10-22(27)3)29-30-26(34)12-14-35-32(30)38-31(29)24-8-6-9-25(20-24)33(42)36-13-7-15-40-18-16-39(5-2)17-19-40/h4,6,8-12,14,20-21H,1,5,7,13,15-19H2,2-3H3,(H,35,38)(H,36,42)(H,37,41). The molecule has 9 heteroatoms. The van der Waals surface area contributed by atoms with Gasteiger partial charge in [0.05, 0.1) is 10.7 Å². The van der Waals surface area contributed by atoms with Gasteiger partial charge in [0.1, 0.15) is 5.65 Å². The van der Waals surface area contributed by atoms with Crippen LogP contribution in [0.3, 0.4) is 0 Å². The maximum Gasteiger partial charge on any atom is 0.251 e. The second kappa shape index (κ2) is 13.3. The summed E-state index contributed by atoms with van der Waals surface area (Å²) in [6.45, 7) is 14.8. The van der Waals surface area contributed by atoms with Crippen LogP contribution in [0.5, 0.6) is 0 Å². The number of carbonyl (C=O) groups is 2. The zero-order chi connectivity index (χ0) is 29.6. The molecule has 0 spiro atoms. The number of halogens is 1. The Bertz CT molecular complexity index is 1610. The molecule has 0 atom stereocenters. The number of fused-ring (bicyclic) bond motifs is 1. The second-order valence-electron chi connectivity index (χ2n) is 10.6. The Morgan fingerprint density at radius 2 is 1.86 bits per heavy atom. The Morgan fingerprint density at radius 1 is 1.07 bits per heavy atom. The number of nitrogens with one attached hydrogen (secondary N) is 3. The summed E-state index contributed by atoms with van der Waals surface area (Å²) in [5.74, 6) is -0.391. The quantitative estimate of drug-likeness (QED) is 0.163. The molecule has 218 valence electrons. The van der Waals surface area contributed by atoms with Crippen LogP contribution in [-0.4, -0.2) is 77.4 Å². The van der Waals surface area contributed by atoms with Crippen LogP contribution in [0.2, 0.25) is 5.02 Å². The highest BCUT2D eigenvalue weighted by molar-refractivity contribution is 6.37. The lowest BCUT2D eigenvalue weighted by molar-refractivity contribution is -0.111. The number of benzene rings is 2. The fraction of sp³-hybridized carbons (Fsp3) is 0.303. The van der Waals surface area contributed by atoms with E-state index in [0.717, 1.165) is 79.0 Å². The van der Waals surface area contributed by atoms with Gasteiger partial charge in [0, 0.05) is 61.1 Å². The maximum atomic E-state index is 13.1. The van der Waals surface area contributed by atoms with E-state index < -0.39 is 0 Å². The predicted molar refractivity (Wildman–Crippen MR) is 171 cm³/mol. The van der Waals surface area contributed by atoms with Crippen molar-refractivity contribution in [2.75, 3.05) is 51.1 Å². The van der Waals surface area contributed by atoms with Crippen LogP contribution in [0.4, 0.5) is 5.69 Å². The molecule has 1 saturated heterocycles. The van der Waals surface area contributed by atoms with Crippen molar-refractivity contribution >= 4 is 40.1 Å². The first kappa shape index (κ1) is 29.5. The number of aromatic nitrogens is 2. The van der Waals surface area contributed by atoms with Crippen LogP contribution in [0.15, 0.2) is 67.4 Å². The number of hydrogen-bond acceptors (Lipinski definition) is 5. The fourth-order valence-corrected chi connectivity index (χ4v) is 5.67. The number of pyridine rings is 1. The minimum absolute atomic E-state index is 0.105. The van der Waals surface area contributed by atoms with Gasteiger partial charge in [-0.15, -0.1) is 0 Å². The third-order valence-corrected chi connectivity index (χ3v) is 8.19. The van der Waals surface area contributed by atoms with Crippen LogP contribution >= 0.6 is 11.6 Å². The number of piperazine rings is 1. The summed E-state index contributed by atoms with van der Waals surface area (Å²) in [7, 11) is 0. The summed E-state index contributed by atoms with van der Waals surface area (Å²) in [5, 5.41) is 7.30. The van der Waals surface area contributed by atoms with Gasteiger partial charge in [-0.2, -0.15) is 0 Å². The fourth-order valence-electron chi connectivity index (χ4n) is 5.43. The number of rotatable bonds is 10. The van der Waals surface area contributed by atoms with E-state index in [2.05, 4.69) is 43.9 Å². The van der Waals surface area contributed by atoms with Gasteiger partial charge in [-0.3, -0.25) is 9.59 Å². The lowest BCUT2D eigenvalue weighted by atomic mass is 9.96. The highest BCUT2D eigenvalue weighted by atomic mass is 35.5. The van der Waals surface area contributed by atoms with Crippen molar-refractivity contribution in [3.05, 3.63) is 83.5 Å². The van der Waals surface area contributed by atoms with Crippen molar-refractivity contribution in [2.45, 2.75) is 20.3 Å². The van der Waals surface area contributed by atoms with Crippen molar-refractivity contribution in [1.29, 1.82) is 0 Å². The molecule has 2 aromatic carbocycles. The molecule has 2 amide bonds. The Hall–Kier alpha value is -3.98. The van der Waals surface area contributed by atoms with Gasteiger partial charge >= 0.3 is 0 Å². The topological polar surface area (TPSA) is 93.4 Å². The third kappa shape index (κ3) is 6.57. The number of amides is 2. The number of hydrogen-bond donors (Lipinski definition) is 3. The lowest BCUT2D eigenvalue weighted by Crippen LogP contribution is -2.46.